The Labute approximate surface area is 77.5 Å². The summed E-state index contributed by atoms with van der Waals surface area (Å²) in [6.07, 6.45) is -0.666. The largest absolute Gasteiger partial charge is 0.465 e. The molecule has 2 amide bonds. The van der Waals surface area contributed by atoms with Crippen molar-refractivity contribution in [1.29, 1.82) is 0 Å². The molecule has 5 nitrogen and oxygen atoms in total. The highest BCUT2D eigenvalue weighted by Gasteiger charge is 2.19. The van der Waals surface area contributed by atoms with Crippen molar-refractivity contribution in [3.63, 3.8) is 0 Å². The number of nitrogens with one attached hydrogen (secondary N) is 2. The third-order valence-corrected chi connectivity index (χ3v) is 1.57. The molecule has 0 rings (SSSR count). The summed E-state index contributed by atoms with van der Waals surface area (Å²) in [6.45, 7) is 3.86. The lowest BCUT2D eigenvalue weighted by Gasteiger charge is -2.16. The lowest BCUT2D eigenvalue weighted by molar-refractivity contribution is -0.122. The molecule has 0 fully saturated rings. The molecule has 0 aromatic carbocycles. The number of hydrogen-bond donors (Lipinski definition) is 3. The molecule has 0 spiro atoms. The molecule has 0 bridgehead atoms. The maximum atomic E-state index is 11.1. The molecule has 76 valence electrons. The Bertz CT molecular complexity index is 192. The third kappa shape index (κ3) is 5.05. The summed E-state index contributed by atoms with van der Waals surface area (Å²) < 4.78 is 0. The summed E-state index contributed by atoms with van der Waals surface area (Å²) >= 11 is 0. The average molecular weight is 188 g/mol. The van der Waals surface area contributed by atoms with Crippen LogP contribution in [0.25, 0.3) is 0 Å². The van der Waals surface area contributed by atoms with Crippen LogP contribution in [0.1, 0.15) is 20.3 Å². The second kappa shape index (κ2) is 5.40. The van der Waals surface area contributed by atoms with E-state index in [1.165, 1.54) is 7.05 Å². The average Bonchev–Trinajstić information content (AvgIpc) is 2.00. The smallest absolute Gasteiger partial charge is 0.405 e. The van der Waals surface area contributed by atoms with Gasteiger partial charge >= 0.3 is 6.09 Å². The fraction of sp³-hybridized carbons (Fsp3) is 0.750. The maximum absolute atomic E-state index is 11.1. The van der Waals surface area contributed by atoms with Crippen LogP contribution in [0.2, 0.25) is 0 Å². The molecule has 0 unspecified atom stereocenters. The molecule has 5 heteroatoms. The van der Waals surface area contributed by atoms with E-state index in [2.05, 4.69) is 10.6 Å². The van der Waals surface area contributed by atoms with Crippen molar-refractivity contribution >= 4 is 12.0 Å². The van der Waals surface area contributed by atoms with Crippen molar-refractivity contribution < 1.29 is 14.7 Å². The minimum Gasteiger partial charge on any atom is -0.465 e. The summed E-state index contributed by atoms with van der Waals surface area (Å²) in [5, 5.41) is 13.0. The lowest BCUT2D eigenvalue weighted by atomic mass is 10.0. The van der Waals surface area contributed by atoms with E-state index in [1.807, 2.05) is 13.8 Å². The normalized spacial score (nSPS) is 12.3. The molecule has 0 radical (unpaired) electrons. The molecule has 1 atom stereocenters. The standard InChI is InChI=1S/C8H16N2O3/c1-5(2)4-6(7(11)9-3)10-8(12)13/h5-6,10H,4H2,1-3H3,(H,9,11)(H,12,13)/t6-/m0/s1. The number of carbonyl (C=O) groups excluding carboxylic acids is 1. The van der Waals surface area contributed by atoms with Gasteiger partial charge in [-0.1, -0.05) is 13.8 Å². The van der Waals surface area contributed by atoms with E-state index < -0.39 is 12.1 Å². The molecule has 3 N–H and O–H groups in total. The zero-order valence-corrected chi connectivity index (χ0v) is 8.13. The number of hydrogen-bond acceptors (Lipinski definition) is 2. The highest BCUT2D eigenvalue weighted by atomic mass is 16.4. The van der Waals surface area contributed by atoms with Crippen LogP contribution in [-0.2, 0) is 4.79 Å². The number of likely N-dealkylation sites (N-methyl/N-ethyl adjacent to an activating group) is 1. The molecule has 0 aromatic rings. The van der Waals surface area contributed by atoms with Gasteiger partial charge in [-0.05, 0) is 12.3 Å². The summed E-state index contributed by atoms with van der Waals surface area (Å²) in [6, 6.07) is -0.650. The van der Waals surface area contributed by atoms with Gasteiger partial charge in [0.15, 0.2) is 0 Å². The molecule has 0 saturated carbocycles. The number of amides is 2. The first-order valence-corrected chi connectivity index (χ1v) is 4.18. The van der Waals surface area contributed by atoms with Gasteiger partial charge in [0, 0.05) is 7.05 Å². The Morgan fingerprint density at radius 3 is 2.23 bits per heavy atom. The van der Waals surface area contributed by atoms with Crippen molar-refractivity contribution in [2.75, 3.05) is 7.05 Å². The van der Waals surface area contributed by atoms with E-state index in [1.54, 1.807) is 0 Å². The van der Waals surface area contributed by atoms with E-state index in [-0.39, 0.29) is 11.8 Å². The molecule has 0 heterocycles. The van der Waals surface area contributed by atoms with Crippen molar-refractivity contribution in [2.24, 2.45) is 5.92 Å². The van der Waals surface area contributed by atoms with Gasteiger partial charge < -0.3 is 15.7 Å². The van der Waals surface area contributed by atoms with E-state index >= 15 is 0 Å². The van der Waals surface area contributed by atoms with Gasteiger partial charge in [-0.3, -0.25) is 4.79 Å². The first kappa shape index (κ1) is 11.7. The molecular weight excluding hydrogens is 172 g/mol. The van der Waals surface area contributed by atoms with Gasteiger partial charge in [-0.15, -0.1) is 0 Å². The first-order valence-electron chi connectivity index (χ1n) is 4.18. The molecule has 13 heavy (non-hydrogen) atoms. The van der Waals surface area contributed by atoms with Gasteiger partial charge in [0.1, 0.15) is 6.04 Å². The molecule has 0 saturated heterocycles. The molecular formula is C8H16N2O3. The Balaban J connectivity index is 4.18. The Kier molecular flexibility index (Phi) is 4.87. The monoisotopic (exact) mass is 188 g/mol. The highest BCUT2D eigenvalue weighted by molar-refractivity contribution is 5.84. The van der Waals surface area contributed by atoms with Crippen LogP contribution in [0.15, 0.2) is 0 Å². The second-order valence-electron chi connectivity index (χ2n) is 3.25. The maximum Gasteiger partial charge on any atom is 0.405 e. The van der Waals surface area contributed by atoms with Gasteiger partial charge in [-0.2, -0.15) is 0 Å². The number of carboxylic acid groups (broad SMARTS) is 1. The van der Waals surface area contributed by atoms with Gasteiger partial charge in [0.25, 0.3) is 0 Å². The predicted octanol–water partition coefficient (Wildman–Crippen LogP) is 0.415. The van der Waals surface area contributed by atoms with E-state index in [0.29, 0.717) is 6.42 Å². The van der Waals surface area contributed by atoms with Crippen LogP contribution >= 0.6 is 0 Å². The molecule has 0 aliphatic carbocycles. The van der Waals surface area contributed by atoms with E-state index in [0.717, 1.165) is 0 Å². The fourth-order valence-electron chi connectivity index (χ4n) is 1.03. The van der Waals surface area contributed by atoms with Crippen LogP contribution in [-0.4, -0.2) is 30.2 Å². The first-order chi connectivity index (χ1) is 5.97. The topological polar surface area (TPSA) is 78.4 Å². The van der Waals surface area contributed by atoms with Crippen molar-refractivity contribution in [3.8, 4) is 0 Å². The minimum absolute atomic E-state index is 0.272. The van der Waals surface area contributed by atoms with Crippen LogP contribution in [0.5, 0.6) is 0 Å². The number of rotatable bonds is 4. The van der Waals surface area contributed by atoms with Gasteiger partial charge in [0.05, 0.1) is 0 Å². The van der Waals surface area contributed by atoms with Crippen LogP contribution in [0.4, 0.5) is 4.79 Å². The van der Waals surface area contributed by atoms with Crippen molar-refractivity contribution in [2.45, 2.75) is 26.3 Å². The van der Waals surface area contributed by atoms with E-state index in [9.17, 15) is 9.59 Å². The molecule has 0 aliphatic heterocycles. The Hall–Kier alpha value is -1.26. The third-order valence-electron chi connectivity index (χ3n) is 1.57. The summed E-state index contributed by atoms with van der Waals surface area (Å²) in [4.78, 5) is 21.5. The molecule has 0 aliphatic rings. The minimum atomic E-state index is -1.17. The quantitative estimate of drug-likeness (QED) is 0.598. The highest BCUT2D eigenvalue weighted by Crippen LogP contribution is 2.04. The van der Waals surface area contributed by atoms with E-state index in [4.69, 9.17) is 5.11 Å². The van der Waals surface area contributed by atoms with Crippen LogP contribution in [0, 0.1) is 5.92 Å². The van der Waals surface area contributed by atoms with Crippen molar-refractivity contribution in [1.82, 2.24) is 10.6 Å². The predicted molar refractivity (Wildman–Crippen MR) is 48.5 cm³/mol. The van der Waals surface area contributed by atoms with Crippen LogP contribution in [0.3, 0.4) is 0 Å². The second-order valence-corrected chi connectivity index (χ2v) is 3.25. The zero-order valence-electron chi connectivity index (χ0n) is 8.13. The zero-order chi connectivity index (χ0) is 10.4. The summed E-state index contributed by atoms with van der Waals surface area (Å²) in [5.74, 6) is -0.0229. The molecule has 0 aromatic heterocycles. The summed E-state index contributed by atoms with van der Waals surface area (Å²) in [5.41, 5.74) is 0. The van der Waals surface area contributed by atoms with Crippen molar-refractivity contribution in [3.05, 3.63) is 0 Å². The summed E-state index contributed by atoms with van der Waals surface area (Å²) in [7, 11) is 1.49. The fourth-order valence-corrected chi connectivity index (χ4v) is 1.03. The Morgan fingerprint density at radius 2 is 1.92 bits per heavy atom. The van der Waals surface area contributed by atoms with Gasteiger partial charge in [0.2, 0.25) is 5.91 Å². The SMILES string of the molecule is CNC(=O)[C@H](CC(C)C)NC(=O)O. The van der Waals surface area contributed by atoms with Crippen LogP contribution < -0.4 is 10.6 Å². The lowest BCUT2D eigenvalue weighted by Crippen LogP contribution is -2.45. The Morgan fingerprint density at radius 1 is 1.38 bits per heavy atom. The number of carbonyl (C=O) groups is 2. The van der Waals surface area contributed by atoms with Gasteiger partial charge in [-0.25, -0.2) is 4.79 Å².